The molecule has 0 aliphatic carbocycles. The molecule has 0 saturated carbocycles. The molecule has 2 heterocycles. The van der Waals surface area contributed by atoms with Crippen molar-refractivity contribution in [1.29, 1.82) is 0 Å². The molecule has 0 aromatic carbocycles. The predicted molar refractivity (Wildman–Crippen MR) is 76.0 cm³/mol. The second kappa shape index (κ2) is 6.33. The molecular weight excluding hydrogens is 296 g/mol. The highest BCUT2D eigenvalue weighted by Gasteiger charge is 2.20. The van der Waals surface area contributed by atoms with Crippen molar-refractivity contribution in [3.8, 4) is 0 Å². The molecule has 1 aliphatic heterocycles. The molecule has 1 aromatic heterocycles. The summed E-state index contributed by atoms with van der Waals surface area (Å²) >= 11 is 3.48. The van der Waals surface area contributed by atoms with Gasteiger partial charge in [0.25, 0.3) is 0 Å². The second-order valence-electron chi connectivity index (χ2n) is 4.47. The van der Waals surface area contributed by atoms with Gasteiger partial charge in [0, 0.05) is 25.4 Å². The van der Waals surface area contributed by atoms with Crippen LogP contribution in [0.4, 0.5) is 11.8 Å². The lowest BCUT2D eigenvalue weighted by molar-refractivity contribution is 0.0231. The average Bonchev–Trinajstić information content (AvgIpc) is 2.34. The van der Waals surface area contributed by atoms with Crippen molar-refractivity contribution in [3.63, 3.8) is 0 Å². The normalized spacial score (nSPS) is 23.7. The summed E-state index contributed by atoms with van der Waals surface area (Å²) in [5, 5.41) is 6.57. The molecular formula is C12H19BrN4O. The minimum Gasteiger partial charge on any atom is -0.378 e. The maximum atomic E-state index is 5.54. The SMILES string of the molecule is CCNc1ncc(Br)c(NC2CCOC(C)C2)n1. The molecule has 0 spiro atoms. The van der Waals surface area contributed by atoms with Gasteiger partial charge in [-0.3, -0.25) is 0 Å². The van der Waals surface area contributed by atoms with Crippen molar-refractivity contribution in [1.82, 2.24) is 9.97 Å². The molecule has 1 aromatic rings. The molecule has 2 N–H and O–H groups in total. The van der Waals surface area contributed by atoms with Crippen LogP contribution in [0.1, 0.15) is 26.7 Å². The fraction of sp³-hybridized carbons (Fsp3) is 0.667. The van der Waals surface area contributed by atoms with E-state index in [0.29, 0.717) is 18.1 Å². The number of hydrogen-bond acceptors (Lipinski definition) is 5. The van der Waals surface area contributed by atoms with Gasteiger partial charge in [-0.1, -0.05) is 0 Å². The molecule has 5 nitrogen and oxygen atoms in total. The highest BCUT2D eigenvalue weighted by Crippen LogP contribution is 2.24. The number of rotatable bonds is 4. The summed E-state index contributed by atoms with van der Waals surface area (Å²) in [6.45, 7) is 5.75. The maximum absolute atomic E-state index is 5.54. The Bertz CT molecular complexity index is 402. The van der Waals surface area contributed by atoms with Gasteiger partial charge in [-0.15, -0.1) is 0 Å². The monoisotopic (exact) mass is 314 g/mol. The summed E-state index contributed by atoms with van der Waals surface area (Å²) in [4.78, 5) is 8.66. The summed E-state index contributed by atoms with van der Waals surface area (Å²) in [6.07, 6.45) is 4.10. The van der Waals surface area contributed by atoms with Crippen LogP contribution >= 0.6 is 15.9 Å². The van der Waals surface area contributed by atoms with Crippen LogP contribution in [0.25, 0.3) is 0 Å². The standard InChI is InChI=1S/C12H19BrN4O/c1-3-14-12-15-7-10(13)11(17-12)16-9-4-5-18-8(2)6-9/h7-9H,3-6H2,1-2H3,(H2,14,15,16,17). The van der Waals surface area contributed by atoms with Crippen LogP contribution < -0.4 is 10.6 Å². The van der Waals surface area contributed by atoms with E-state index in [-0.39, 0.29) is 0 Å². The average molecular weight is 315 g/mol. The Morgan fingerprint density at radius 1 is 1.56 bits per heavy atom. The number of halogens is 1. The van der Waals surface area contributed by atoms with Gasteiger partial charge in [-0.05, 0) is 42.6 Å². The van der Waals surface area contributed by atoms with Gasteiger partial charge in [0.2, 0.25) is 5.95 Å². The van der Waals surface area contributed by atoms with E-state index in [2.05, 4.69) is 43.5 Å². The Balaban J connectivity index is 2.05. The first kappa shape index (κ1) is 13.5. The molecule has 0 amide bonds. The quantitative estimate of drug-likeness (QED) is 0.894. The van der Waals surface area contributed by atoms with Crippen molar-refractivity contribution in [2.45, 2.75) is 38.8 Å². The summed E-state index contributed by atoms with van der Waals surface area (Å²) in [7, 11) is 0. The number of ether oxygens (including phenoxy) is 1. The molecule has 1 fully saturated rings. The van der Waals surface area contributed by atoms with Gasteiger partial charge in [0.05, 0.1) is 10.6 Å². The van der Waals surface area contributed by atoms with Crippen LogP contribution in [-0.4, -0.2) is 35.3 Å². The van der Waals surface area contributed by atoms with Gasteiger partial charge in [0.15, 0.2) is 0 Å². The van der Waals surface area contributed by atoms with E-state index >= 15 is 0 Å². The van der Waals surface area contributed by atoms with Crippen LogP contribution in [-0.2, 0) is 4.74 Å². The van der Waals surface area contributed by atoms with Crippen molar-refractivity contribution >= 4 is 27.7 Å². The Hall–Kier alpha value is -0.880. The van der Waals surface area contributed by atoms with E-state index in [4.69, 9.17) is 4.74 Å². The van der Waals surface area contributed by atoms with E-state index in [1.54, 1.807) is 6.20 Å². The summed E-state index contributed by atoms with van der Waals surface area (Å²) in [5.74, 6) is 1.50. The zero-order chi connectivity index (χ0) is 13.0. The lowest BCUT2D eigenvalue weighted by Gasteiger charge is -2.28. The van der Waals surface area contributed by atoms with E-state index < -0.39 is 0 Å². The number of nitrogens with one attached hydrogen (secondary N) is 2. The Morgan fingerprint density at radius 3 is 3.11 bits per heavy atom. The van der Waals surface area contributed by atoms with Gasteiger partial charge in [0.1, 0.15) is 5.82 Å². The Kier molecular flexibility index (Phi) is 4.77. The fourth-order valence-electron chi connectivity index (χ4n) is 2.03. The topological polar surface area (TPSA) is 59.1 Å². The van der Waals surface area contributed by atoms with Crippen molar-refractivity contribution < 1.29 is 4.74 Å². The zero-order valence-electron chi connectivity index (χ0n) is 10.7. The summed E-state index contributed by atoms with van der Waals surface area (Å²) in [5.41, 5.74) is 0. The molecule has 2 unspecified atom stereocenters. The predicted octanol–water partition coefficient (Wildman–Crippen LogP) is 2.65. The van der Waals surface area contributed by atoms with Crippen LogP contribution in [0.3, 0.4) is 0 Å². The largest absolute Gasteiger partial charge is 0.378 e. The molecule has 0 bridgehead atoms. The molecule has 2 rings (SSSR count). The smallest absolute Gasteiger partial charge is 0.224 e. The van der Waals surface area contributed by atoms with Crippen LogP contribution in [0.15, 0.2) is 10.7 Å². The first-order valence-corrected chi connectivity index (χ1v) is 7.13. The lowest BCUT2D eigenvalue weighted by Crippen LogP contribution is -2.33. The molecule has 1 aliphatic rings. The van der Waals surface area contributed by atoms with Gasteiger partial charge < -0.3 is 15.4 Å². The van der Waals surface area contributed by atoms with Crippen LogP contribution in [0.5, 0.6) is 0 Å². The van der Waals surface area contributed by atoms with Crippen molar-refractivity contribution in [3.05, 3.63) is 10.7 Å². The zero-order valence-corrected chi connectivity index (χ0v) is 12.3. The van der Waals surface area contributed by atoms with E-state index in [1.165, 1.54) is 0 Å². The first-order chi connectivity index (χ1) is 8.69. The first-order valence-electron chi connectivity index (χ1n) is 6.33. The van der Waals surface area contributed by atoms with Crippen LogP contribution in [0, 0.1) is 0 Å². The third-order valence-corrected chi connectivity index (χ3v) is 3.49. The minimum absolute atomic E-state index is 0.310. The second-order valence-corrected chi connectivity index (χ2v) is 5.32. The highest BCUT2D eigenvalue weighted by atomic mass is 79.9. The third-order valence-electron chi connectivity index (χ3n) is 2.90. The molecule has 18 heavy (non-hydrogen) atoms. The van der Waals surface area contributed by atoms with E-state index in [0.717, 1.165) is 36.3 Å². The maximum Gasteiger partial charge on any atom is 0.224 e. The molecule has 1 saturated heterocycles. The molecule has 0 radical (unpaired) electrons. The van der Waals surface area contributed by atoms with Crippen molar-refractivity contribution in [2.75, 3.05) is 23.8 Å². The van der Waals surface area contributed by atoms with Gasteiger partial charge >= 0.3 is 0 Å². The fourth-order valence-corrected chi connectivity index (χ4v) is 2.34. The number of nitrogens with zero attached hydrogens (tertiary/aromatic N) is 2. The van der Waals surface area contributed by atoms with E-state index in [9.17, 15) is 0 Å². The van der Waals surface area contributed by atoms with Crippen LogP contribution in [0.2, 0.25) is 0 Å². The third kappa shape index (κ3) is 3.55. The highest BCUT2D eigenvalue weighted by molar-refractivity contribution is 9.10. The Morgan fingerprint density at radius 2 is 2.39 bits per heavy atom. The summed E-state index contributed by atoms with van der Waals surface area (Å²) in [6, 6.07) is 0.412. The number of hydrogen-bond donors (Lipinski definition) is 2. The lowest BCUT2D eigenvalue weighted by atomic mass is 10.0. The minimum atomic E-state index is 0.310. The van der Waals surface area contributed by atoms with Gasteiger partial charge in [-0.2, -0.15) is 4.98 Å². The van der Waals surface area contributed by atoms with Gasteiger partial charge in [-0.25, -0.2) is 4.98 Å². The molecule has 6 heteroatoms. The number of anilines is 2. The Labute approximate surface area is 116 Å². The van der Waals surface area contributed by atoms with E-state index in [1.807, 2.05) is 6.92 Å². The molecule has 2 atom stereocenters. The van der Waals surface area contributed by atoms with Crippen molar-refractivity contribution in [2.24, 2.45) is 0 Å². The molecule has 100 valence electrons. The number of aromatic nitrogens is 2. The summed E-state index contributed by atoms with van der Waals surface area (Å²) < 4.78 is 6.43.